The van der Waals surface area contributed by atoms with E-state index in [1.807, 2.05) is 6.92 Å². The second-order valence-electron chi connectivity index (χ2n) is 14.3. The van der Waals surface area contributed by atoms with E-state index in [9.17, 15) is 0 Å². The Morgan fingerprint density at radius 3 is 2.52 bits per heavy atom. The minimum atomic E-state index is 0.121. The van der Waals surface area contributed by atoms with Crippen LogP contribution in [0, 0.1) is 6.92 Å². The quantitative estimate of drug-likeness (QED) is 0.138. The Hall–Kier alpha value is -6.34. The summed E-state index contributed by atoms with van der Waals surface area (Å²) in [6.07, 6.45) is 22.5. The summed E-state index contributed by atoms with van der Waals surface area (Å²) in [6, 6.07) is 34.3. The smallest absolute Gasteiger partial charge is 0.0544 e. The predicted octanol–water partition coefficient (Wildman–Crippen LogP) is 12.9. The third-order valence-corrected chi connectivity index (χ3v) is 11.3. The van der Waals surface area contributed by atoms with Crippen molar-refractivity contribution in [1.82, 2.24) is 9.88 Å². The van der Waals surface area contributed by atoms with E-state index >= 15 is 0 Å². The third-order valence-electron chi connectivity index (χ3n) is 11.3. The van der Waals surface area contributed by atoms with E-state index in [1.165, 1.54) is 105 Å². The highest BCUT2D eigenvalue weighted by Crippen LogP contribution is 2.53. The molecule has 1 aromatic heterocycles. The largest absolute Gasteiger partial charge is 0.364 e. The Labute approximate surface area is 304 Å². The number of allylic oxidation sites excluding steroid dienone is 13. The molecule has 248 valence electrons. The average Bonchev–Trinajstić information content (AvgIpc) is 3.97. The Morgan fingerprint density at radius 1 is 0.788 bits per heavy atom. The first-order valence-corrected chi connectivity index (χ1v) is 18.3. The van der Waals surface area contributed by atoms with Crippen molar-refractivity contribution in [3.05, 3.63) is 197 Å². The molecule has 0 amide bonds. The molecule has 1 atom stereocenters. The summed E-state index contributed by atoms with van der Waals surface area (Å²) in [5, 5.41) is 8.90. The van der Waals surface area contributed by atoms with Gasteiger partial charge in [-0.15, -0.1) is 5.73 Å². The van der Waals surface area contributed by atoms with E-state index in [-0.39, 0.29) is 5.92 Å². The summed E-state index contributed by atoms with van der Waals surface area (Å²) in [7, 11) is 0. The van der Waals surface area contributed by atoms with Gasteiger partial charge in [0.15, 0.2) is 0 Å². The normalized spacial score (nSPS) is 17.4. The van der Waals surface area contributed by atoms with Gasteiger partial charge in [0.2, 0.25) is 0 Å². The minimum Gasteiger partial charge on any atom is -0.364 e. The molecule has 2 bridgehead atoms. The standard InChI is InChI=1S/C50H38N2/c1-4-5-10-27-51-50-43-28-32(3)47(50)49-40(38-17-11-18-39(38)43)19-12-20-41(49)42-29-34(22-21-31(42)2)35-24-25-45-44(30-35)48-37-16-9-6-13-33(37)23-26-46(48)52(45)36-14-7-8-15-36/h4-14,16,18-30,47,51H,15H2,1-3H3/b5-4-,27-10-. The number of benzene rings is 5. The molecule has 0 saturated carbocycles. The number of hydrogen-bond acceptors (Lipinski definition) is 1. The maximum atomic E-state index is 3.73. The van der Waals surface area contributed by atoms with Gasteiger partial charge in [0.25, 0.3) is 0 Å². The van der Waals surface area contributed by atoms with Crippen molar-refractivity contribution in [3.63, 3.8) is 0 Å². The van der Waals surface area contributed by atoms with Crippen molar-refractivity contribution in [1.29, 1.82) is 0 Å². The van der Waals surface area contributed by atoms with Gasteiger partial charge in [-0.2, -0.15) is 0 Å². The van der Waals surface area contributed by atoms with E-state index in [0.29, 0.717) is 0 Å². The van der Waals surface area contributed by atoms with Crippen LogP contribution in [-0.4, -0.2) is 4.57 Å². The molecule has 2 heteroatoms. The van der Waals surface area contributed by atoms with Crippen LogP contribution >= 0.6 is 0 Å². The average molecular weight is 667 g/mol. The molecular formula is C50H38N2. The molecule has 4 aliphatic carbocycles. The summed E-state index contributed by atoms with van der Waals surface area (Å²) >= 11 is 0. The highest BCUT2D eigenvalue weighted by molar-refractivity contribution is 6.22. The Kier molecular flexibility index (Phi) is 6.96. The topological polar surface area (TPSA) is 17.0 Å². The molecule has 0 aliphatic heterocycles. The van der Waals surface area contributed by atoms with Crippen LogP contribution in [0.2, 0.25) is 0 Å². The van der Waals surface area contributed by atoms with E-state index in [2.05, 4.69) is 181 Å². The van der Waals surface area contributed by atoms with Crippen molar-refractivity contribution in [3.8, 4) is 22.3 Å². The zero-order valence-electron chi connectivity index (χ0n) is 29.7. The van der Waals surface area contributed by atoms with Crippen LogP contribution in [-0.2, 0) is 0 Å². The van der Waals surface area contributed by atoms with Gasteiger partial charge >= 0.3 is 0 Å². The third kappa shape index (κ3) is 4.51. The number of fused-ring (bicyclic) bond motifs is 11. The van der Waals surface area contributed by atoms with E-state index < -0.39 is 0 Å². The first kappa shape index (κ1) is 30.5. The van der Waals surface area contributed by atoms with Crippen molar-refractivity contribution >= 4 is 43.8 Å². The van der Waals surface area contributed by atoms with Crippen molar-refractivity contribution in [2.75, 3.05) is 0 Å². The zero-order chi connectivity index (χ0) is 34.9. The molecule has 0 radical (unpaired) electrons. The van der Waals surface area contributed by atoms with Gasteiger partial charge in [-0.1, -0.05) is 103 Å². The molecule has 1 unspecified atom stereocenters. The van der Waals surface area contributed by atoms with Crippen LogP contribution in [0.3, 0.4) is 0 Å². The first-order chi connectivity index (χ1) is 25.6. The fourth-order valence-electron chi connectivity index (χ4n) is 8.95. The van der Waals surface area contributed by atoms with Gasteiger partial charge in [-0.25, -0.2) is 0 Å². The predicted molar refractivity (Wildman–Crippen MR) is 221 cm³/mol. The van der Waals surface area contributed by atoms with Crippen molar-refractivity contribution < 1.29 is 0 Å². The van der Waals surface area contributed by atoms with Gasteiger partial charge in [0.05, 0.1) is 11.0 Å². The zero-order valence-corrected chi connectivity index (χ0v) is 29.7. The molecule has 4 aliphatic rings. The van der Waals surface area contributed by atoms with Gasteiger partial charge in [-0.3, -0.25) is 0 Å². The van der Waals surface area contributed by atoms with Gasteiger partial charge in [0, 0.05) is 51.9 Å². The van der Waals surface area contributed by atoms with Gasteiger partial charge < -0.3 is 9.88 Å². The lowest BCUT2D eigenvalue weighted by atomic mass is 9.80. The first-order valence-electron chi connectivity index (χ1n) is 18.3. The lowest BCUT2D eigenvalue weighted by Gasteiger charge is -2.25. The summed E-state index contributed by atoms with van der Waals surface area (Å²) in [4.78, 5) is 0. The molecule has 2 nitrogen and oxygen atoms in total. The second-order valence-corrected chi connectivity index (χ2v) is 14.3. The fraction of sp³-hybridized carbons (Fsp3) is 0.100. The van der Waals surface area contributed by atoms with Crippen molar-refractivity contribution in [2.24, 2.45) is 0 Å². The number of aryl methyl sites for hydroxylation is 1. The monoisotopic (exact) mass is 666 g/mol. The highest BCUT2D eigenvalue weighted by atomic mass is 15.0. The lowest BCUT2D eigenvalue weighted by Crippen LogP contribution is -2.15. The van der Waals surface area contributed by atoms with E-state index in [4.69, 9.17) is 0 Å². The van der Waals surface area contributed by atoms with Crippen molar-refractivity contribution in [2.45, 2.75) is 33.1 Å². The molecular weight excluding hydrogens is 629 g/mol. The molecule has 10 rings (SSSR count). The number of hydrogen-bond donors (Lipinski definition) is 1. The highest BCUT2D eigenvalue weighted by Gasteiger charge is 2.37. The van der Waals surface area contributed by atoms with Crippen LogP contribution in [0.5, 0.6) is 0 Å². The summed E-state index contributed by atoms with van der Waals surface area (Å²) in [6.45, 7) is 6.57. The van der Waals surface area contributed by atoms with E-state index in [1.54, 1.807) is 0 Å². The van der Waals surface area contributed by atoms with Gasteiger partial charge in [0.1, 0.15) is 0 Å². The summed E-state index contributed by atoms with van der Waals surface area (Å²) < 4.78 is 2.47. The number of aromatic nitrogens is 1. The van der Waals surface area contributed by atoms with Crippen LogP contribution < -0.4 is 5.32 Å². The van der Waals surface area contributed by atoms with Crippen LogP contribution in [0.1, 0.15) is 42.9 Å². The Balaban J connectivity index is 1.16. The molecule has 0 spiro atoms. The molecule has 0 fully saturated rings. The SMILES string of the molecule is C/C=C\C=C/NC1=C2C=C(C)C1c1c(cccc1-c1cc(-c3ccc4c(c3)c3c5ccccc5ccc3n4C3=CC=CC3)ccc1C)C1=C=CC=C12. The van der Waals surface area contributed by atoms with Crippen LogP contribution in [0.15, 0.2) is 180 Å². The second kappa shape index (κ2) is 11.9. The Bertz CT molecular complexity index is 2840. The Morgan fingerprint density at radius 2 is 1.63 bits per heavy atom. The fourth-order valence-corrected chi connectivity index (χ4v) is 8.95. The number of nitrogens with one attached hydrogen (secondary N) is 1. The maximum absolute atomic E-state index is 3.73. The lowest BCUT2D eigenvalue weighted by molar-refractivity contribution is 0.855. The van der Waals surface area contributed by atoms with E-state index in [0.717, 1.165) is 6.42 Å². The van der Waals surface area contributed by atoms with Gasteiger partial charge in [-0.05, 0) is 125 Å². The molecule has 52 heavy (non-hydrogen) atoms. The summed E-state index contributed by atoms with van der Waals surface area (Å²) in [5.41, 5.74) is 22.6. The molecule has 5 aromatic carbocycles. The molecule has 1 N–H and O–H groups in total. The number of nitrogens with zero attached hydrogens (tertiary/aromatic N) is 1. The molecule has 1 heterocycles. The molecule has 6 aromatic rings. The number of rotatable bonds is 6. The molecule has 0 saturated heterocycles. The van der Waals surface area contributed by atoms with Crippen LogP contribution in [0.4, 0.5) is 0 Å². The summed E-state index contributed by atoms with van der Waals surface area (Å²) in [5.74, 6) is 0.121. The maximum Gasteiger partial charge on any atom is 0.0544 e. The van der Waals surface area contributed by atoms with Crippen LogP contribution in [0.25, 0.3) is 66.1 Å². The minimum absolute atomic E-state index is 0.121.